The van der Waals surface area contributed by atoms with Crippen molar-refractivity contribution in [2.45, 2.75) is 31.7 Å². The molecule has 0 aromatic heterocycles. The zero-order valence-corrected chi connectivity index (χ0v) is 17.2. The van der Waals surface area contributed by atoms with Crippen molar-refractivity contribution in [2.24, 2.45) is 5.73 Å². The van der Waals surface area contributed by atoms with Crippen molar-refractivity contribution in [3.63, 3.8) is 0 Å². The Balaban J connectivity index is 1.76. The van der Waals surface area contributed by atoms with E-state index in [2.05, 4.69) is 4.90 Å². The molecule has 3 rings (SSSR count). The average Bonchev–Trinajstić information content (AvgIpc) is 2.97. The summed E-state index contributed by atoms with van der Waals surface area (Å²) < 4.78 is 20.3. The maximum absolute atomic E-state index is 14.5. The first-order chi connectivity index (χ1) is 14.0. The Morgan fingerprint density at radius 2 is 1.90 bits per heavy atom. The Labute approximate surface area is 172 Å². The van der Waals surface area contributed by atoms with Crippen molar-refractivity contribution in [1.82, 2.24) is 9.80 Å². The van der Waals surface area contributed by atoms with Gasteiger partial charge in [-0.05, 0) is 75.8 Å². The lowest BCUT2D eigenvalue weighted by Gasteiger charge is -2.28. The van der Waals surface area contributed by atoms with Crippen LogP contribution >= 0.6 is 0 Å². The SMILES string of the molecule is CN(C)[C@H]1CCCCN(C(=O)c2cc(Oc3ccc(CCN)cc3)ccc2F)C1. The molecule has 0 aliphatic carbocycles. The minimum absolute atomic E-state index is 0.0571. The first-order valence-corrected chi connectivity index (χ1v) is 10.2. The van der Waals surface area contributed by atoms with Gasteiger partial charge in [-0.1, -0.05) is 18.6 Å². The van der Waals surface area contributed by atoms with E-state index >= 15 is 0 Å². The fourth-order valence-electron chi connectivity index (χ4n) is 3.65. The fourth-order valence-corrected chi connectivity index (χ4v) is 3.65. The second kappa shape index (κ2) is 9.85. The van der Waals surface area contributed by atoms with E-state index in [9.17, 15) is 9.18 Å². The van der Waals surface area contributed by atoms with Crippen LogP contribution < -0.4 is 10.5 Å². The van der Waals surface area contributed by atoms with Gasteiger partial charge in [-0.2, -0.15) is 0 Å². The Bertz CT molecular complexity index is 823. The van der Waals surface area contributed by atoms with Gasteiger partial charge < -0.3 is 20.3 Å². The predicted molar refractivity (Wildman–Crippen MR) is 113 cm³/mol. The Morgan fingerprint density at radius 1 is 1.17 bits per heavy atom. The Kier molecular flexibility index (Phi) is 7.23. The molecule has 6 heteroatoms. The molecule has 0 spiro atoms. The molecule has 2 N–H and O–H groups in total. The van der Waals surface area contributed by atoms with Gasteiger partial charge in [-0.15, -0.1) is 0 Å². The van der Waals surface area contributed by atoms with Crippen LogP contribution in [0.3, 0.4) is 0 Å². The van der Waals surface area contributed by atoms with Crippen LogP contribution in [0.25, 0.3) is 0 Å². The molecular weight excluding hydrogens is 369 g/mol. The first kappa shape index (κ1) is 21.3. The molecule has 5 nitrogen and oxygen atoms in total. The van der Waals surface area contributed by atoms with Crippen molar-refractivity contribution in [3.05, 3.63) is 59.4 Å². The maximum atomic E-state index is 14.5. The lowest BCUT2D eigenvalue weighted by molar-refractivity contribution is 0.0720. The number of nitrogens with zero attached hydrogens (tertiary/aromatic N) is 2. The van der Waals surface area contributed by atoms with E-state index in [1.54, 1.807) is 11.0 Å². The molecule has 1 saturated heterocycles. The van der Waals surface area contributed by atoms with Crippen LogP contribution in [0.5, 0.6) is 11.5 Å². The standard InChI is InChI=1S/C23H30FN3O2/c1-26(2)18-5-3-4-14-27(16-18)23(28)21-15-20(10-11-22(21)24)29-19-8-6-17(7-9-19)12-13-25/h6-11,15,18H,3-5,12-14,16,25H2,1-2H3/t18-/m0/s1. The lowest BCUT2D eigenvalue weighted by Crippen LogP contribution is -2.42. The van der Waals surface area contributed by atoms with Gasteiger partial charge in [0.2, 0.25) is 0 Å². The number of rotatable bonds is 6. The van der Waals surface area contributed by atoms with E-state index in [1.165, 1.54) is 12.1 Å². The number of carbonyl (C=O) groups is 1. The monoisotopic (exact) mass is 399 g/mol. The molecule has 2 aromatic rings. The van der Waals surface area contributed by atoms with E-state index in [1.807, 2.05) is 38.4 Å². The summed E-state index contributed by atoms with van der Waals surface area (Å²) in [5.41, 5.74) is 6.76. The zero-order chi connectivity index (χ0) is 20.8. The molecule has 1 amide bonds. The van der Waals surface area contributed by atoms with Gasteiger partial charge in [0.05, 0.1) is 5.56 Å². The molecule has 1 heterocycles. The molecule has 1 atom stereocenters. The largest absolute Gasteiger partial charge is 0.457 e. The fraction of sp³-hybridized carbons (Fsp3) is 0.435. The summed E-state index contributed by atoms with van der Waals surface area (Å²) in [4.78, 5) is 17.0. The van der Waals surface area contributed by atoms with Crippen molar-refractivity contribution < 1.29 is 13.9 Å². The topological polar surface area (TPSA) is 58.8 Å². The average molecular weight is 400 g/mol. The van der Waals surface area contributed by atoms with Crippen molar-refractivity contribution >= 4 is 5.91 Å². The number of hydrogen-bond acceptors (Lipinski definition) is 4. The summed E-state index contributed by atoms with van der Waals surface area (Å²) in [6.07, 6.45) is 3.85. The van der Waals surface area contributed by atoms with Crippen LogP contribution in [0.4, 0.5) is 4.39 Å². The number of benzene rings is 2. The Hall–Kier alpha value is -2.44. The maximum Gasteiger partial charge on any atom is 0.257 e. The van der Waals surface area contributed by atoms with Crippen molar-refractivity contribution in [2.75, 3.05) is 33.7 Å². The molecule has 2 aromatic carbocycles. The highest BCUT2D eigenvalue weighted by molar-refractivity contribution is 5.95. The van der Waals surface area contributed by atoms with E-state index in [-0.39, 0.29) is 17.5 Å². The van der Waals surface area contributed by atoms with Gasteiger partial charge in [-0.25, -0.2) is 4.39 Å². The number of ether oxygens (including phenoxy) is 1. The molecule has 0 saturated carbocycles. The van der Waals surface area contributed by atoms with Crippen LogP contribution in [0.15, 0.2) is 42.5 Å². The second-order valence-corrected chi connectivity index (χ2v) is 7.79. The van der Waals surface area contributed by atoms with E-state index in [0.717, 1.165) is 31.2 Å². The van der Waals surface area contributed by atoms with E-state index in [0.29, 0.717) is 31.1 Å². The van der Waals surface area contributed by atoms with Crippen molar-refractivity contribution in [3.8, 4) is 11.5 Å². The highest BCUT2D eigenvalue weighted by Gasteiger charge is 2.26. The third kappa shape index (κ3) is 5.55. The highest BCUT2D eigenvalue weighted by Crippen LogP contribution is 2.26. The molecule has 0 unspecified atom stereocenters. The molecule has 1 aliphatic rings. The number of carbonyl (C=O) groups excluding carboxylic acids is 1. The summed E-state index contributed by atoms with van der Waals surface area (Å²) in [6, 6.07) is 12.3. The van der Waals surface area contributed by atoms with Crippen LogP contribution in [0.1, 0.15) is 35.2 Å². The minimum atomic E-state index is -0.522. The predicted octanol–water partition coefficient (Wildman–Crippen LogP) is 3.68. The summed E-state index contributed by atoms with van der Waals surface area (Å²) in [5, 5.41) is 0. The molecular formula is C23H30FN3O2. The molecule has 0 radical (unpaired) electrons. The van der Waals surface area contributed by atoms with Crippen LogP contribution in [0, 0.1) is 5.82 Å². The third-order valence-electron chi connectivity index (χ3n) is 5.42. The minimum Gasteiger partial charge on any atom is -0.457 e. The Morgan fingerprint density at radius 3 is 2.59 bits per heavy atom. The van der Waals surface area contributed by atoms with Gasteiger partial charge in [0.25, 0.3) is 5.91 Å². The van der Waals surface area contributed by atoms with Crippen LogP contribution in [-0.2, 0) is 6.42 Å². The number of likely N-dealkylation sites (tertiary alicyclic amines) is 1. The van der Waals surface area contributed by atoms with Gasteiger partial charge in [0.15, 0.2) is 0 Å². The lowest BCUT2D eigenvalue weighted by atomic mass is 10.1. The number of likely N-dealkylation sites (N-methyl/N-ethyl adjacent to an activating group) is 1. The smallest absolute Gasteiger partial charge is 0.257 e. The van der Waals surface area contributed by atoms with E-state index in [4.69, 9.17) is 10.5 Å². The van der Waals surface area contributed by atoms with Crippen LogP contribution in [0.2, 0.25) is 0 Å². The summed E-state index contributed by atoms with van der Waals surface area (Å²) in [6.45, 7) is 1.85. The van der Waals surface area contributed by atoms with Crippen molar-refractivity contribution in [1.29, 1.82) is 0 Å². The van der Waals surface area contributed by atoms with Gasteiger partial charge in [0.1, 0.15) is 17.3 Å². The number of nitrogens with two attached hydrogens (primary N) is 1. The molecule has 1 fully saturated rings. The summed E-state index contributed by atoms with van der Waals surface area (Å²) >= 11 is 0. The zero-order valence-electron chi connectivity index (χ0n) is 17.2. The number of halogens is 1. The number of amides is 1. The molecule has 0 bridgehead atoms. The quantitative estimate of drug-likeness (QED) is 0.805. The van der Waals surface area contributed by atoms with Gasteiger partial charge in [-0.3, -0.25) is 4.79 Å². The first-order valence-electron chi connectivity index (χ1n) is 10.2. The molecule has 29 heavy (non-hydrogen) atoms. The molecule has 156 valence electrons. The number of hydrogen-bond donors (Lipinski definition) is 1. The normalized spacial score (nSPS) is 17.3. The van der Waals surface area contributed by atoms with Gasteiger partial charge in [0, 0.05) is 19.1 Å². The highest BCUT2D eigenvalue weighted by atomic mass is 19.1. The van der Waals surface area contributed by atoms with Crippen LogP contribution in [-0.4, -0.2) is 55.5 Å². The van der Waals surface area contributed by atoms with Gasteiger partial charge >= 0.3 is 0 Å². The van der Waals surface area contributed by atoms with E-state index < -0.39 is 5.82 Å². The third-order valence-corrected chi connectivity index (χ3v) is 5.42. The molecule has 1 aliphatic heterocycles. The summed E-state index contributed by atoms with van der Waals surface area (Å²) in [7, 11) is 4.04. The summed E-state index contributed by atoms with van der Waals surface area (Å²) in [5.74, 6) is 0.282. The second-order valence-electron chi connectivity index (χ2n) is 7.79.